The molecule has 0 bridgehead atoms. The van der Waals surface area contributed by atoms with Gasteiger partial charge in [-0.25, -0.2) is 0 Å². The van der Waals surface area contributed by atoms with Crippen LogP contribution < -0.4 is 10.2 Å². The monoisotopic (exact) mass is 363 g/mol. The van der Waals surface area contributed by atoms with E-state index in [1.807, 2.05) is 49.4 Å². The Balaban J connectivity index is 1.77. The predicted molar refractivity (Wildman–Crippen MR) is 104 cm³/mol. The molecule has 2 aromatic carbocycles. The van der Waals surface area contributed by atoms with Gasteiger partial charge in [-0.3, -0.25) is 9.59 Å². The van der Waals surface area contributed by atoms with Crippen molar-refractivity contribution >= 4 is 16.9 Å². The van der Waals surface area contributed by atoms with Crippen molar-refractivity contribution in [3.63, 3.8) is 0 Å². The second-order valence-electron chi connectivity index (χ2n) is 6.83. The normalized spacial score (nSPS) is 13.9. The Kier molecular flexibility index (Phi) is 4.67. The summed E-state index contributed by atoms with van der Waals surface area (Å²) < 4.78 is 11.8. The van der Waals surface area contributed by atoms with E-state index in [2.05, 4.69) is 0 Å². The molecule has 1 amide bonds. The van der Waals surface area contributed by atoms with Crippen LogP contribution in [0.25, 0.3) is 22.3 Å². The number of fused-ring (bicyclic) bond motifs is 1. The van der Waals surface area contributed by atoms with Crippen LogP contribution in [0, 0.1) is 6.92 Å². The van der Waals surface area contributed by atoms with E-state index < -0.39 is 0 Å². The van der Waals surface area contributed by atoms with Crippen molar-refractivity contribution in [2.75, 3.05) is 19.7 Å². The highest BCUT2D eigenvalue weighted by atomic mass is 16.5. The van der Waals surface area contributed by atoms with Gasteiger partial charge in [-0.15, -0.1) is 0 Å². The number of benzene rings is 2. The minimum atomic E-state index is -0.260. The van der Waals surface area contributed by atoms with Crippen LogP contribution in [0.1, 0.15) is 18.4 Å². The number of aryl methyl sites for hydroxylation is 1. The largest absolute Gasteiger partial charge is 0.476 e. The third-order valence-corrected chi connectivity index (χ3v) is 4.84. The van der Waals surface area contributed by atoms with Crippen molar-refractivity contribution in [2.45, 2.75) is 19.8 Å². The van der Waals surface area contributed by atoms with Crippen molar-refractivity contribution in [1.82, 2.24) is 4.90 Å². The van der Waals surface area contributed by atoms with Crippen molar-refractivity contribution in [3.8, 4) is 17.1 Å². The quantitative estimate of drug-likeness (QED) is 0.708. The van der Waals surface area contributed by atoms with E-state index in [4.69, 9.17) is 9.15 Å². The summed E-state index contributed by atoms with van der Waals surface area (Å²) in [5.74, 6) is 0.341. The molecule has 0 spiro atoms. The molecule has 5 heteroatoms. The van der Waals surface area contributed by atoms with Crippen LogP contribution in [0.15, 0.2) is 57.7 Å². The van der Waals surface area contributed by atoms with Gasteiger partial charge in [0.2, 0.25) is 11.2 Å². The highest BCUT2D eigenvalue weighted by molar-refractivity contribution is 5.83. The van der Waals surface area contributed by atoms with E-state index in [0.717, 1.165) is 37.1 Å². The molecule has 0 saturated carbocycles. The van der Waals surface area contributed by atoms with Gasteiger partial charge >= 0.3 is 0 Å². The Bertz CT molecular complexity index is 1030. The molecule has 27 heavy (non-hydrogen) atoms. The molecule has 4 rings (SSSR count). The number of hydrogen-bond donors (Lipinski definition) is 0. The first-order chi connectivity index (χ1) is 13.1. The summed E-state index contributed by atoms with van der Waals surface area (Å²) in [5, 5.41) is 0.448. The standard InChI is InChI=1S/C22H21NO4/c1-15-9-10-17-18(13-15)27-21(16-7-3-2-4-8-16)22(20(17)25)26-14-19(24)23-11-5-6-12-23/h2-4,7-10,13H,5-6,11-12,14H2,1H3. The molecule has 1 aromatic heterocycles. The van der Waals surface area contributed by atoms with Gasteiger partial charge in [-0.1, -0.05) is 36.4 Å². The van der Waals surface area contributed by atoms with Gasteiger partial charge in [0.1, 0.15) is 5.58 Å². The maximum atomic E-state index is 13.1. The zero-order valence-electron chi connectivity index (χ0n) is 15.2. The van der Waals surface area contributed by atoms with Crippen LogP contribution in [0.3, 0.4) is 0 Å². The lowest BCUT2D eigenvalue weighted by Gasteiger charge is -2.16. The van der Waals surface area contributed by atoms with Gasteiger partial charge in [0, 0.05) is 18.7 Å². The smallest absolute Gasteiger partial charge is 0.260 e. The minimum absolute atomic E-state index is 0.0881. The maximum Gasteiger partial charge on any atom is 0.260 e. The lowest BCUT2D eigenvalue weighted by molar-refractivity contribution is -0.132. The highest BCUT2D eigenvalue weighted by Crippen LogP contribution is 2.31. The number of hydrogen-bond acceptors (Lipinski definition) is 4. The summed E-state index contributed by atoms with van der Waals surface area (Å²) in [7, 11) is 0. The molecule has 1 fully saturated rings. The first-order valence-corrected chi connectivity index (χ1v) is 9.17. The van der Waals surface area contributed by atoms with Gasteiger partial charge in [0.25, 0.3) is 5.91 Å². The predicted octanol–water partition coefficient (Wildman–Crippen LogP) is 3.77. The Morgan fingerprint density at radius 3 is 2.59 bits per heavy atom. The Morgan fingerprint density at radius 1 is 1.11 bits per heavy atom. The van der Waals surface area contributed by atoms with E-state index in [1.165, 1.54) is 0 Å². The molecule has 0 aliphatic carbocycles. The second kappa shape index (κ2) is 7.27. The molecule has 1 saturated heterocycles. The average Bonchev–Trinajstić information content (AvgIpc) is 3.22. The Labute approximate surface area is 157 Å². The zero-order chi connectivity index (χ0) is 18.8. The third kappa shape index (κ3) is 3.45. The van der Waals surface area contributed by atoms with Gasteiger partial charge < -0.3 is 14.1 Å². The summed E-state index contributed by atoms with van der Waals surface area (Å²) in [4.78, 5) is 27.2. The number of nitrogens with zero attached hydrogens (tertiary/aromatic N) is 1. The number of carbonyl (C=O) groups is 1. The number of likely N-dealkylation sites (tertiary alicyclic amines) is 1. The molecular weight excluding hydrogens is 342 g/mol. The molecule has 138 valence electrons. The summed E-state index contributed by atoms with van der Waals surface area (Å²) >= 11 is 0. The first kappa shape index (κ1) is 17.3. The molecule has 0 unspecified atom stereocenters. The zero-order valence-corrected chi connectivity index (χ0v) is 15.2. The lowest BCUT2D eigenvalue weighted by atomic mass is 10.1. The van der Waals surface area contributed by atoms with Crippen molar-refractivity contribution in [2.24, 2.45) is 0 Å². The number of rotatable bonds is 4. The van der Waals surface area contributed by atoms with Crippen LogP contribution in [-0.2, 0) is 4.79 Å². The van der Waals surface area contributed by atoms with E-state index >= 15 is 0 Å². The van der Waals surface area contributed by atoms with Gasteiger partial charge in [0.05, 0.1) is 5.39 Å². The van der Waals surface area contributed by atoms with E-state index in [0.29, 0.717) is 16.7 Å². The second-order valence-corrected chi connectivity index (χ2v) is 6.83. The van der Waals surface area contributed by atoms with Crippen molar-refractivity contribution in [1.29, 1.82) is 0 Å². The fourth-order valence-corrected chi connectivity index (χ4v) is 3.39. The van der Waals surface area contributed by atoms with Crippen LogP contribution in [-0.4, -0.2) is 30.5 Å². The van der Waals surface area contributed by atoms with Crippen LogP contribution in [0.4, 0.5) is 0 Å². The Hall–Kier alpha value is -3.08. The number of ether oxygens (including phenoxy) is 1. The molecular formula is C22H21NO4. The minimum Gasteiger partial charge on any atom is -0.476 e. The lowest BCUT2D eigenvalue weighted by Crippen LogP contribution is -2.32. The van der Waals surface area contributed by atoms with Crippen LogP contribution in [0.5, 0.6) is 5.75 Å². The van der Waals surface area contributed by atoms with Gasteiger partial charge in [-0.2, -0.15) is 0 Å². The molecule has 1 aliphatic rings. The summed E-state index contributed by atoms with van der Waals surface area (Å²) in [6.07, 6.45) is 2.02. The van der Waals surface area contributed by atoms with Gasteiger partial charge in [-0.05, 0) is 37.5 Å². The van der Waals surface area contributed by atoms with E-state index in [9.17, 15) is 9.59 Å². The summed E-state index contributed by atoms with van der Waals surface area (Å²) in [6.45, 7) is 3.28. The summed E-state index contributed by atoms with van der Waals surface area (Å²) in [6, 6.07) is 14.8. The molecule has 5 nitrogen and oxygen atoms in total. The highest BCUT2D eigenvalue weighted by Gasteiger charge is 2.22. The van der Waals surface area contributed by atoms with Crippen LogP contribution in [0.2, 0.25) is 0 Å². The fraction of sp³-hybridized carbons (Fsp3) is 0.273. The summed E-state index contributed by atoms with van der Waals surface area (Å²) in [5.41, 5.74) is 1.99. The maximum absolute atomic E-state index is 13.1. The third-order valence-electron chi connectivity index (χ3n) is 4.84. The van der Waals surface area contributed by atoms with E-state index in [1.54, 1.807) is 11.0 Å². The fourth-order valence-electron chi connectivity index (χ4n) is 3.39. The molecule has 3 aromatic rings. The molecule has 2 heterocycles. The Morgan fingerprint density at radius 2 is 1.85 bits per heavy atom. The van der Waals surface area contributed by atoms with Crippen molar-refractivity contribution in [3.05, 3.63) is 64.3 Å². The van der Waals surface area contributed by atoms with Crippen LogP contribution >= 0.6 is 0 Å². The number of amides is 1. The SMILES string of the molecule is Cc1ccc2c(=O)c(OCC(=O)N3CCCC3)c(-c3ccccc3)oc2c1. The molecule has 0 atom stereocenters. The topological polar surface area (TPSA) is 59.8 Å². The first-order valence-electron chi connectivity index (χ1n) is 9.17. The van der Waals surface area contributed by atoms with Crippen molar-refractivity contribution < 1.29 is 13.9 Å². The van der Waals surface area contributed by atoms with Gasteiger partial charge in [0.15, 0.2) is 12.4 Å². The van der Waals surface area contributed by atoms with E-state index in [-0.39, 0.29) is 23.7 Å². The molecule has 1 aliphatic heterocycles. The molecule has 0 radical (unpaired) electrons. The average molecular weight is 363 g/mol. The number of carbonyl (C=O) groups excluding carboxylic acids is 1. The molecule has 0 N–H and O–H groups in total.